The Morgan fingerprint density at radius 1 is 1.60 bits per heavy atom. The topological polar surface area (TPSA) is 80.9 Å². The first-order valence-electron chi connectivity index (χ1n) is 4.84. The van der Waals surface area contributed by atoms with E-state index in [-0.39, 0.29) is 18.4 Å². The number of carbonyl (C=O) groups excluding carboxylic acids is 1. The van der Waals surface area contributed by atoms with Crippen molar-refractivity contribution in [2.45, 2.75) is 33.2 Å². The molecular weight excluding hydrogens is 192 g/mol. The fraction of sp³-hybridized carbons (Fsp3) is 0.500. The van der Waals surface area contributed by atoms with Crippen LogP contribution in [0, 0.1) is 13.8 Å². The van der Waals surface area contributed by atoms with Crippen LogP contribution in [0.15, 0.2) is 6.20 Å². The Bertz CT molecular complexity index is 364. The molecule has 1 amide bonds. The lowest BCUT2D eigenvalue weighted by atomic mass is 10.2. The Morgan fingerprint density at radius 3 is 2.87 bits per heavy atom. The molecule has 0 bridgehead atoms. The standard InChI is InChI=1S/C10H16N4O/c1-6(4-9(11)15)13-10-8(3)12-5-7(2)14-10/h5-6H,4H2,1-3H3,(H2,11,15)(H,13,14). The molecule has 5 nitrogen and oxygen atoms in total. The van der Waals surface area contributed by atoms with Crippen molar-refractivity contribution in [2.24, 2.45) is 5.73 Å². The molecule has 0 aliphatic rings. The summed E-state index contributed by atoms with van der Waals surface area (Å²) >= 11 is 0. The molecule has 0 saturated carbocycles. The maximum atomic E-state index is 10.7. The highest BCUT2D eigenvalue weighted by Gasteiger charge is 2.08. The van der Waals surface area contributed by atoms with E-state index in [1.807, 2.05) is 20.8 Å². The zero-order valence-corrected chi connectivity index (χ0v) is 9.24. The second-order valence-electron chi connectivity index (χ2n) is 3.66. The molecule has 0 radical (unpaired) electrons. The number of nitrogens with zero attached hydrogens (tertiary/aromatic N) is 2. The number of primary amides is 1. The second-order valence-corrected chi connectivity index (χ2v) is 3.66. The molecule has 3 N–H and O–H groups in total. The van der Waals surface area contributed by atoms with Crippen LogP contribution in [0.4, 0.5) is 5.82 Å². The van der Waals surface area contributed by atoms with Crippen LogP contribution in [-0.2, 0) is 4.79 Å². The van der Waals surface area contributed by atoms with Gasteiger partial charge in [-0.2, -0.15) is 0 Å². The number of hydrogen-bond donors (Lipinski definition) is 2. The van der Waals surface area contributed by atoms with Crippen molar-refractivity contribution < 1.29 is 4.79 Å². The molecule has 82 valence electrons. The molecule has 1 aromatic rings. The molecule has 5 heteroatoms. The SMILES string of the molecule is Cc1cnc(C)c(NC(C)CC(N)=O)n1. The fourth-order valence-electron chi connectivity index (χ4n) is 1.26. The first-order chi connectivity index (χ1) is 6.99. The van der Waals surface area contributed by atoms with Gasteiger partial charge in [0.1, 0.15) is 5.82 Å². The minimum atomic E-state index is -0.326. The number of anilines is 1. The first-order valence-corrected chi connectivity index (χ1v) is 4.84. The molecule has 1 heterocycles. The molecule has 1 unspecified atom stereocenters. The summed E-state index contributed by atoms with van der Waals surface area (Å²) < 4.78 is 0. The van der Waals surface area contributed by atoms with Gasteiger partial charge in [-0.05, 0) is 20.8 Å². The molecule has 0 saturated heterocycles. The predicted octanol–water partition coefficient (Wildman–Crippen LogP) is 0.769. The third kappa shape index (κ3) is 3.53. The predicted molar refractivity (Wildman–Crippen MR) is 58.4 cm³/mol. The van der Waals surface area contributed by atoms with Crippen molar-refractivity contribution in [3.63, 3.8) is 0 Å². The van der Waals surface area contributed by atoms with Gasteiger partial charge in [0, 0.05) is 18.7 Å². The van der Waals surface area contributed by atoms with E-state index in [0.29, 0.717) is 5.82 Å². The third-order valence-corrected chi connectivity index (χ3v) is 1.97. The minimum Gasteiger partial charge on any atom is -0.370 e. The first kappa shape index (κ1) is 11.4. The molecular formula is C10H16N4O. The summed E-state index contributed by atoms with van der Waals surface area (Å²) in [6.45, 7) is 5.62. The van der Waals surface area contributed by atoms with Crippen molar-refractivity contribution >= 4 is 11.7 Å². The summed E-state index contributed by atoms with van der Waals surface area (Å²) in [6.07, 6.45) is 1.99. The van der Waals surface area contributed by atoms with Crippen LogP contribution in [0.1, 0.15) is 24.7 Å². The van der Waals surface area contributed by atoms with Crippen molar-refractivity contribution in [3.8, 4) is 0 Å². The lowest BCUT2D eigenvalue weighted by Gasteiger charge is -2.14. The van der Waals surface area contributed by atoms with Gasteiger partial charge < -0.3 is 11.1 Å². The zero-order valence-electron chi connectivity index (χ0n) is 9.24. The van der Waals surface area contributed by atoms with Crippen LogP contribution in [-0.4, -0.2) is 21.9 Å². The van der Waals surface area contributed by atoms with E-state index in [9.17, 15) is 4.79 Å². The van der Waals surface area contributed by atoms with E-state index in [2.05, 4.69) is 15.3 Å². The Balaban J connectivity index is 2.71. The molecule has 0 aromatic carbocycles. The van der Waals surface area contributed by atoms with Gasteiger partial charge in [0.05, 0.1) is 11.4 Å². The molecule has 0 aliphatic heterocycles. The van der Waals surface area contributed by atoms with Gasteiger partial charge in [-0.1, -0.05) is 0 Å². The van der Waals surface area contributed by atoms with E-state index < -0.39 is 0 Å². The zero-order chi connectivity index (χ0) is 11.4. The maximum Gasteiger partial charge on any atom is 0.219 e. The monoisotopic (exact) mass is 208 g/mol. The largest absolute Gasteiger partial charge is 0.370 e. The summed E-state index contributed by atoms with van der Waals surface area (Å²) in [5, 5.41) is 3.11. The number of hydrogen-bond acceptors (Lipinski definition) is 4. The lowest BCUT2D eigenvalue weighted by Crippen LogP contribution is -2.25. The van der Waals surface area contributed by atoms with E-state index in [1.54, 1.807) is 6.20 Å². The van der Waals surface area contributed by atoms with Gasteiger partial charge in [0.2, 0.25) is 5.91 Å². The van der Waals surface area contributed by atoms with Crippen LogP contribution < -0.4 is 11.1 Å². The van der Waals surface area contributed by atoms with Crippen LogP contribution >= 0.6 is 0 Å². The average molecular weight is 208 g/mol. The van der Waals surface area contributed by atoms with Gasteiger partial charge in [-0.25, -0.2) is 4.98 Å². The highest BCUT2D eigenvalue weighted by Crippen LogP contribution is 2.10. The molecule has 0 fully saturated rings. The smallest absolute Gasteiger partial charge is 0.219 e. The van der Waals surface area contributed by atoms with Crippen molar-refractivity contribution in [1.82, 2.24) is 9.97 Å². The molecule has 0 aliphatic carbocycles. The number of nitrogens with two attached hydrogens (primary N) is 1. The van der Waals surface area contributed by atoms with Crippen LogP contribution in [0.5, 0.6) is 0 Å². The quantitative estimate of drug-likeness (QED) is 0.765. The van der Waals surface area contributed by atoms with Gasteiger partial charge >= 0.3 is 0 Å². The van der Waals surface area contributed by atoms with Gasteiger partial charge in [-0.3, -0.25) is 9.78 Å². The number of amides is 1. The van der Waals surface area contributed by atoms with E-state index in [0.717, 1.165) is 11.4 Å². The Kier molecular flexibility index (Phi) is 3.60. The van der Waals surface area contributed by atoms with Gasteiger partial charge in [-0.15, -0.1) is 0 Å². The minimum absolute atomic E-state index is 0.0303. The van der Waals surface area contributed by atoms with Gasteiger partial charge in [0.25, 0.3) is 0 Å². The Morgan fingerprint density at radius 2 is 2.27 bits per heavy atom. The number of aryl methyl sites for hydroxylation is 2. The van der Waals surface area contributed by atoms with Crippen molar-refractivity contribution in [1.29, 1.82) is 0 Å². The molecule has 1 atom stereocenters. The average Bonchev–Trinajstić information content (AvgIpc) is 2.10. The van der Waals surface area contributed by atoms with Crippen LogP contribution in [0.2, 0.25) is 0 Å². The summed E-state index contributed by atoms with van der Waals surface area (Å²) in [6, 6.07) is -0.0303. The summed E-state index contributed by atoms with van der Waals surface area (Å²) in [5.41, 5.74) is 6.76. The van der Waals surface area contributed by atoms with E-state index >= 15 is 0 Å². The number of rotatable bonds is 4. The molecule has 1 aromatic heterocycles. The lowest BCUT2D eigenvalue weighted by molar-refractivity contribution is -0.118. The Labute approximate surface area is 89.1 Å². The van der Waals surface area contributed by atoms with Gasteiger partial charge in [0.15, 0.2) is 0 Å². The van der Waals surface area contributed by atoms with Crippen LogP contribution in [0.25, 0.3) is 0 Å². The van der Waals surface area contributed by atoms with Crippen molar-refractivity contribution in [3.05, 3.63) is 17.6 Å². The normalized spacial score (nSPS) is 12.2. The van der Waals surface area contributed by atoms with E-state index in [1.165, 1.54) is 0 Å². The van der Waals surface area contributed by atoms with Crippen molar-refractivity contribution in [2.75, 3.05) is 5.32 Å². The fourth-order valence-corrected chi connectivity index (χ4v) is 1.26. The third-order valence-electron chi connectivity index (χ3n) is 1.97. The molecule has 0 spiro atoms. The maximum absolute atomic E-state index is 10.7. The highest BCUT2D eigenvalue weighted by atomic mass is 16.1. The van der Waals surface area contributed by atoms with Crippen LogP contribution in [0.3, 0.4) is 0 Å². The number of nitrogens with one attached hydrogen (secondary N) is 1. The Hall–Kier alpha value is -1.65. The summed E-state index contributed by atoms with van der Waals surface area (Å²) in [5.74, 6) is 0.386. The number of carbonyl (C=O) groups is 1. The second kappa shape index (κ2) is 4.72. The van der Waals surface area contributed by atoms with E-state index in [4.69, 9.17) is 5.73 Å². The number of aromatic nitrogens is 2. The summed E-state index contributed by atoms with van der Waals surface area (Å²) in [7, 11) is 0. The summed E-state index contributed by atoms with van der Waals surface area (Å²) in [4.78, 5) is 19.2. The molecule has 1 rings (SSSR count). The molecule has 15 heavy (non-hydrogen) atoms. The highest BCUT2D eigenvalue weighted by molar-refractivity contribution is 5.74.